The third kappa shape index (κ3) is 3.56. The van der Waals surface area contributed by atoms with E-state index in [1.165, 1.54) is 0 Å². The molecule has 3 rings (SSSR count). The quantitative estimate of drug-likeness (QED) is 0.524. The Balaban J connectivity index is 1.85. The van der Waals surface area contributed by atoms with Crippen LogP contribution in [0.4, 0.5) is 0 Å². The van der Waals surface area contributed by atoms with Gasteiger partial charge >= 0.3 is 5.97 Å². The van der Waals surface area contributed by atoms with Crippen LogP contribution >= 0.6 is 0 Å². The molecule has 0 amide bonds. The van der Waals surface area contributed by atoms with Gasteiger partial charge in [-0.1, -0.05) is 6.58 Å². The van der Waals surface area contributed by atoms with Crippen molar-refractivity contribution in [2.24, 2.45) is 0 Å². The molecule has 2 aromatic rings. The Kier molecular flexibility index (Phi) is 4.59. The number of fused-ring (bicyclic) bond motifs is 1. The molecule has 1 aliphatic rings. The van der Waals surface area contributed by atoms with Crippen LogP contribution in [0.1, 0.15) is 24.2 Å². The maximum Gasteiger partial charge on any atom is 0.338 e. The molecule has 25 heavy (non-hydrogen) atoms. The van der Waals surface area contributed by atoms with Gasteiger partial charge in [0.1, 0.15) is 29.1 Å². The molecule has 128 valence electrons. The number of aliphatic hydroxyl groups excluding tert-OH is 1. The standard InChI is InChI=1S/C20H18O5/c1-12(2)20(22)24-15-8-9-18-16(10-15)17(21)11-19(25-18)13-4-6-14(23-3)7-5-13/h4-11,17,21H,1H2,2-3H3. The first-order chi connectivity index (χ1) is 12.0. The predicted octanol–water partition coefficient (Wildman–Crippen LogP) is 3.64. The van der Waals surface area contributed by atoms with Crippen LogP contribution in [0.5, 0.6) is 17.2 Å². The van der Waals surface area contributed by atoms with E-state index in [0.29, 0.717) is 28.4 Å². The summed E-state index contributed by atoms with van der Waals surface area (Å²) in [6, 6.07) is 12.2. The lowest BCUT2D eigenvalue weighted by Gasteiger charge is -2.22. The van der Waals surface area contributed by atoms with Crippen LogP contribution in [0.15, 0.2) is 60.7 Å². The van der Waals surface area contributed by atoms with Crippen LogP contribution in [-0.2, 0) is 4.79 Å². The number of benzene rings is 2. The first kappa shape index (κ1) is 16.8. The van der Waals surface area contributed by atoms with Crippen molar-refractivity contribution in [3.63, 3.8) is 0 Å². The molecule has 0 saturated heterocycles. The molecule has 5 nitrogen and oxygen atoms in total. The molecule has 0 spiro atoms. The summed E-state index contributed by atoms with van der Waals surface area (Å²) in [4.78, 5) is 11.6. The van der Waals surface area contributed by atoms with Crippen molar-refractivity contribution >= 4 is 11.7 Å². The fraction of sp³-hybridized carbons (Fsp3) is 0.150. The number of hydrogen-bond donors (Lipinski definition) is 1. The van der Waals surface area contributed by atoms with Crippen LogP contribution in [0, 0.1) is 0 Å². The average molecular weight is 338 g/mol. The van der Waals surface area contributed by atoms with Gasteiger partial charge in [0.05, 0.1) is 7.11 Å². The molecule has 0 aromatic heterocycles. The Hall–Kier alpha value is -3.05. The molecule has 0 radical (unpaired) electrons. The summed E-state index contributed by atoms with van der Waals surface area (Å²) in [7, 11) is 1.60. The minimum absolute atomic E-state index is 0.302. The maximum atomic E-state index is 11.6. The van der Waals surface area contributed by atoms with E-state index >= 15 is 0 Å². The number of esters is 1. The van der Waals surface area contributed by atoms with Crippen molar-refractivity contribution in [3.05, 3.63) is 71.8 Å². The number of rotatable bonds is 4. The first-order valence-electron chi connectivity index (χ1n) is 7.71. The molecular weight excluding hydrogens is 320 g/mol. The van der Waals surface area contributed by atoms with Gasteiger partial charge in [-0.2, -0.15) is 0 Å². The second-order valence-electron chi connectivity index (χ2n) is 5.68. The van der Waals surface area contributed by atoms with E-state index in [2.05, 4.69) is 6.58 Å². The van der Waals surface area contributed by atoms with E-state index in [9.17, 15) is 9.90 Å². The Labute approximate surface area is 145 Å². The van der Waals surface area contributed by atoms with Crippen LogP contribution in [-0.4, -0.2) is 18.2 Å². The smallest absolute Gasteiger partial charge is 0.338 e. The van der Waals surface area contributed by atoms with Crippen molar-refractivity contribution in [2.45, 2.75) is 13.0 Å². The largest absolute Gasteiger partial charge is 0.497 e. The van der Waals surface area contributed by atoms with Gasteiger partial charge in [-0.15, -0.1) is 0 Å². The second-order valence-corrected chi connectivity index (χ2v) is 5.68. The van der Waals surface area contributed by atoms with Crippen molar-refractivity contribution in [1.82, 2.24) is 0 Å². The fourth-order valence-corrected chi connectivity index (χ4v) is 2.40. The van der Waals surface area contributed by atoms with E-state index in [1.807, 2.05) is 24.3 Å². The highest BCUT2D eigenvalue weighted by molar-refractivity contribution is 5.88. The van der Waals surface area contributed by atoms with Gasteiger partial charge in [0, 0.05) is 16.7 Å². The molecule has 1 atom stereocenters. The van der Waals surface area contributed by atoms with E-state index in [0.717, 1.165) is 11.3 Å². The highest BCUT2D eigenvalue weighted by Gasteiger charge is 2.22. The molecule has 5 heteroatoms. The van der Waals surface area contributed by atoms with Crippen molar-refractivity contribution in [2.75, 3.05) is 7.11 Å². The molecule has 0 bridgehead atoms. The Morgan fingerprint density at radius 1 is 1.16 bits per heavy atom. The minimum atomic E-state index is -0.871. The molecule has 1 unspecified atom stereocenters. The van der Waals surface area contributed by atoms with Crippen molar-refractivity contribution < 1.29 is 24.1 Å². The van der Waals surface area contributed by atoms with Crippen LogP contribution in [0.3, 0.4) is 0 Å². The topological polar surface area (TPSA) is 65.0 Å². The summed E-state index contributed by atoms with van der Waals surface area (Å²) in [5.41, 5.74) is 1.66. The van der Waals surface area contributed by atoms with E-state index in [1.54, 1.807) is 38.3 Å². The van der Waals surface area contributed by atoms with Gasteiger partial charge in [0.25, 0.3) is 0 Å². The fourth-order valence-electron chi connectivity index (χ4n) is 2.40. The second kappa shape index (κ2) is 6.83. The molecular formula is C20H18O5. The monoisotopic (exact) mass is 338 g/mol. The number of methoxy groups -OCH3 is 1. The zero-order valence-corrected chi connectivity index (χ0v) is 14.0. The highest BCUT2D eigenvalue weighted by atomic mass is 16.5. The van der Waals surface area contributed by atoms with Gasteiger partial charge < -0.3 is 19.3 Å². The zero-order chi connectivity index (χ0) is 18.0. The lowest BCUT2D eigenvalue weighted by Crippen LogP contribution is -2.11. The number of carbonyl (C=O) groups is 1. The summed E-state index contributed by atoms with van der Waals surface area (Å²) in [6.45, 7) is 5.11. The molecule has 0 aliphatic carbocycles. The van der Waals surface area contributed by atoms with E-state index in [-0.39, 0.29) is 0 Å². The number of carbonyl (C=O) groups excluding carboxylic acids is 1. The Morgan fingerprint density at radius 3 is 2.48 bits per heavy atom. The predicted molar refractivity (Wildman–Crippen MR) is 93.4 cm³/mol. The molecule has 1 N–H and O–H groups in total. The van der Waals surface area contributed by atoms with Crippen LogP contribution < -0.4 is 14.2 Å². The minimum Gasteiger partial charge on any atom is -0.497 e. The average Bonchev–Trinajstić information content (AvgIpc) is 2.62. The molecule has 2 aromatic carbocycles. The highest BCUT2D eigenvalue weighted by Crippen LogP contribution is 2.38. The van der Waals surface area contributed by atoms with E-state index in [4.69, 9.17) is 14.2 Å². The molecule has 0 saturated carbocycles. The third-order valence-corrected chi connectivity index (χ3v) is 3.76. The van der Waals surface area contributed by atoms with Crippen molar-refractivity contribution in [3.8, 4) is 17.2 Å². The summed E-state index contributed by atoms with van der Waals surface area (Å²) in [5, 5.41) is 10.4. The summed E-state index contributed by atoms with van der Waals surface area (Å²) >= 11 is 0. The van der Waals surface area contributed by atoms with Crippen LogP contribution in [0.25, 0.3) is 5.76 Å². The number of aliphatic hydroxyl groups is 1. The zero-order valence-electron chi connectivity index (χ0n) is 14.0. The van der Waals surface area contributed by atoms with Crippen LogP contribution in [0.2, 0.25) is 0 Å². The third-order valence-electron chi connectivity index (χ3n) is 3.76. The molecule has 1 heterocycles. The molecule has 1 aliphatic heterocycles. The summed E-state index contributed by atoms with van der Waals surface area (Å²) in [6.07, 6.45) is 0.735. The maximum absolute atomic E-state index is 11.6. The first-order valence-corrected chi connectivity index (χ1v) is 7.71. The Morgan fingerprint density at radius 2 is 1.84 bits per heavy atom. The lowest BCUT2D eigenvalue weighted by molar-refractivity contribution is -0.130. The SMILES string of the molecule is C=C(C)C(=O)Oc1ccc2c(c1)C(O)C=C(c1ccc(OC)cc1)O2. The van der Waals surface area contributed by atoms with Gasteiger partial charge in [-0.3, -0.25) is 0 Å². The van der Waals surface area contributed by atoms with Gasteiger partial charge in [-0.05, 0) is 55.5 Å². The summed E-state index contributed by atoms with van der Waals surface area (Å²) in [5.74, 6) is 1.62. The van der Waals surface area contributed by atoms with Gasteiger partial charge in [0.2, 0.25) is 0 Å². The number of hydrogen-bond acceptors (Lipinski definition) is 5. The Bertz CT molecular complexity index is 849. The van der Waals surface area contributed by atoms with Gasteiger partial charge in [-0.25, -0.2) is 4.79 Å². The van der Waals surface area contributed by atoms with Crippen molar-refractivity contribution in [1.29, 1.82) is 0 Å². The molecule has 0 fully saturated rings. The lowest BCUT2D eigenvalue weighted by atomic mass is 10.0. The van der Waals surface area contributed by atoms with E-state index < -0.39 is 12.1 Å². The normalized spacial score (nSPS) is 15.5. The summed E-state index contributed by atoms with van der Waals surface area (Å²) < 4.78 is 16.2. The number of ether oxygens (including phenoxy) is 3. The van der Waals surface area contributed by atoms with Gasteiger partial charge in [0.15, 0.2) is 0 Å².